The van der Waals surface area contributed by atoms with Crippen LogP contribution in [-0.4, -0.2) is 46.9 Å². The number of likely N-dealkylation sites (tertiary alicyclic amines) is 1. The number of oxime groups is 1. The number of aliphatic hydroxyl groups is 1. The number of amides is 1. The van der Waals surface area contributed by atoms with Crippen molar-refractivity contribution in [3.05, 3.63) is 70.3 Å². The van der Waals surface area contributed by atoms with Gasteiger partial charge >= 0.3 is 0 Å². The van der Waals surface area contributed by atoms with Gasteiger partial charge in [0.1, 0.15) is 6.61 Å². The van der Waals surface area contributed by atoms with E-state index in [2.05, 4.69) is 30.3 Å². The number of benzene rings is 2. The fraction of sp³-hybridized carbons (Fsp3) is 0.500. The van der Waals surface area contributed by atoms with E-state index in [1.807, 2.05) is 19.1 Å². The monoisotopic (exact) mass is 463 g/mol. The summed E-state index contributed by atoms with van der Waals surface area (Å²) in [5.41, 5.74) is 11.6. The van der Waals surface area contributed by atoms with Crippen molar-refractivity contribution >= 4 is 11.6 Å². The smallest absolute Gasteiger partial charge is 0.253 e. The van der Waals surface area contributed by atoms with Gasteiger partial charge in [0.15, 0.2) is 0 Å². The van der Waals surface area contributed by atoms with Crippen molar-refractivity contribution in [2.24, 2.45) is 10.9 Å². The molecule has 3 N–H and O–H groups in total. The summed E-state index contributed by atoms with van der Waals surface area (Å²) >= 11 is 0. The lowest BCUT2D eigenvalue weighted by atomic mass is 9.82. The third-order valence-corrected chi connectivity index (χ3v) is 7.35. The van der Waals surface area contributed by atoms with Crippen LogP contribution in [0.2, 0.25) is 0 Å². The lowest BCUT2D eigenvalue weighted by molar-refractivity contribution is 0.0775. The van der Waals surface area contributed by atoms with Crippen LogP contribution in [-0.2, 0) is 11.4 Å². The normalized spacial score (nSPS) is 21.6. The molecule has 0 radical (unpaired) electrons. The number of aliphatic hydroxyl groups excluding tert-OH is 1. The first kappa shape index (κ1) is 24.4. The average molecular weight is 464 g/mol. The van der Waals surface area contributed by atoms with Gasteiger partial charge < -0.3 is 20.6 Å². The summed E-state index contributed by atoms with van der Waals surface area (Å²) in [4.78, 5) is 20.1. The number of hydrogen-bond donors (Lipinski definition) is 2. The van der Waals surface area contributed by atoms with Crippen LogP contribution < -0.4 is 5.73 Å². The maximum Gasteiger partial charge on any atom is 0.253 e. The third-order valence-electron chi connectivity index (χ3n) is 7.35. The third kappa shape index (κ3) is 5.68. The van der Waals surface area contributed by atoms with Gasteiger partial charge in [-0.3, -0.25) is 4.79 Å². The van der Waals surface area contributed by atoms with Gasteiger partial charge in [-0.2, -0.15) is 0 Å². The van der Waals surface area contributed by atoms with E-state index < -0.39 is 5.54 Å². The number of nitrogens with two attached hydrogens (primary N) is 1. The van der Waals surface area contributed by atoms with E-state index in [4.69, 9.17) is 10.6 Å². The molecular weight excluding hydrogens is 426 g/mol. The summed E-state index contributed by atoms with van der Waals surface area (Å²) in [7, 11) is 0. The highest BCUT2D eigenvalue weighted by Gasteiger charge is 2.36. The minimum absolute atomic E-state index is 0.0646. The van der Waals surface area contributed by atoms with E-state index in [1.54, 1.807) is 17.0 Å². The zero-order valence-electron chi connectivity index (χ0n) is 20.4. The highest BCUT2D eigenvalue weighted by molar-refractivity contribution is 6.00. The Kier molecular flexibility index (Phi) is 7.69. The maximum absolute atomic E-state index is 12.7. The number of nitrogens with zero attached hydrogens (tertiary/aromatic N) is 2. The second-order valence-corrected chi connectivity index (χ2v) is 10.1. The van der Waals surface area contributed by atoms with Gasteiger partial charge in [-0.15, -0.1) is 0 Å². The molecule has 1 aliphatic heterocycles. The molecule has 0 spiro atoms. The summed E-state index contributed by atoms with van der Waals surface area (Å²) in [6.07, 6.45) is 7.27. The number of rotatable bonds is 7. The zero-order chi connectivity index (χ0) is 24.1. The SMILES string of the molecule is CC(=NOCc1ccc(C2CCCCC2)c(C)c1)c1ccc(C(=O)N2CCC(N)(CO)C2)cc1. The average Bonchev–Trinajstić information content (AvgIpc) is 3.27. The molecule has 1 atom stereocenters. The first-order valence-electron chi connectivity index (χ1n) is 12.4. The van der Waals surface area contributed by atoms with Gasteiger partial charge in [0.25, 0.3) is 5.91 Å². The van der Waals surface area contributed by atoms with Crippen molar-refractivity contribution in [3.63, 3.8) is 0 Å². The fourth-order valence-electron chi connectivity index (χ4n) is 5.19. The molecule has 1 aliphatic carbocycles. The second-order valence-electron chi connectivity index (χ2n) is 10.1. The molecule has 2 aliphatic rings. The van der Waals surface area contributed by atoms with Crippen LogP contribution in [0.15, 0.2) is 47.6 Å². The van der Waals surface area contributed by atoms with Crippen LogP contribution >= 0.6 is 0 Å². The van der Waals surface area contributed by atoms with Crippen molar-refractivity contribution in [2.75, 3.05) is 19.7 Å². The number of hydrogen-bond acceptors (Lipinski definition) is 5. The fourth-order valence-corrected chi connectivity index (χ4v) is 5.19. The van der Waals surface area contributed by atoms with Gasteiger partial charge in [0.2, 0.25) is 0 Å². The number of carbonyl (C=O) groups excluding carboxylic acids is 1. The molecule has 6 heteroatoms. The zero-order valence-corrected chi connectivity index (χ0v) is 20.4. The van der Waals surface area contributed by atoms with E-state index in [-0.39, 0.29) is 12.5 Å². The molecule has 2 fully saturated rings. The maximum atomic E-state index is 12.7. The Morgan fingerprint density at radius 2 is 1.85 bits per heavy atom. The van der Waals surface area contributed by atoms with Crippen molar-refractivity contribution in [1.29, 1.82) is 0 Å². The van der Waals surface area contributed by atoms with E-state index in [1.165, 1.54) is 43.2 Å². The minimum Gasteiger partial charge on any atom is -0.394 e. The Bertz CT molecular complexity index is 1030. The molecule has 0 aromatic heterocycles. The summed E-state index contributed by atoms with van der Waals surface area (Å²) in [6, 6.07) is 14.0. The van der Waals surface area contributed by atoms with Gasteiger partial charge in [-0.05, 0) is 73.4 Å². The lowest BCUT2D eigenvalue weighted by Crippen LogP contribution is -2.46. The van der Waals surface area contributed by atoms with Crippen LogP contribution in [0.3, 0.4) is 0 Å². The van der Waals surface area contributed by atoms with Crippen molar-refractivity contribution in [1.82, 2.24) is 4.90 Å². The van der Waals surface area contributed by atoms with Gasteiger partial charge in [0, 0.05) is 18.7 Å². The Labute approximate surface area is 202 Å². The van der Waals surface area contributed by atoms with E-state index in [9.17, 15) is 9.90 Å². The van der Waals surface area contributed by atoms with Gasteiger partial charge in [-0.25, -0.2) is 0 Å². The molecule has 1 saturated heterocycles. The van der Waals surface area contributed by atoms with Crippen LogP contribution in [0.4, 0.5) is 0 Å². The molecule has 182 valence electrons. The van der Waals surface area contributed by atoms with Gasteiger partial charge in [-0.1, -0.05) is 54.8 Å². The Balaban J connectivity index is 1.32. The number of carbonyl (C=O) groups is 1. The summed E-state index contributed by atoms with van der Waals surface area (Å²) < 4.78 is 0. The second kappa shape index (κ2) is 10.7. The quantitative estimate of drug-likeness (QED) is 0.467. The van der Waals surface area contributed by atoms with Crippen molar-refractivity contribution < 1.29 is 14.7 Å². The molecule has 4 rings (SSSR count). The lowest BCUT2D eigenvalue weighted by Gasteiger charge is -2.23. The van der Waals surface area contributed by atoms with E-state index in [0.29, 0.717) is 37.6 Å². The predicted octanol–water partition coefficient (Wildman–Crippen LogP) is 4.52. The molecule has 2 aromatic carbocycles. The molecule has 2 aromatic rings. The van der Waals surface area contributed by atoms with Crippen LogP contribution in [0, 0.1) is 6.92 Å². The summed E-state index contributed by atoms with van der Waals surface area (Å²) in [5.74, 6) is 0.641. The first-order valence-corrected chi connectivity index (χ1v) is 12.4. The number of aryl methyl sites for hydroxylation is 1. The van der Waals surface area contributed by atoms with E-state index in [0.717, 1.165) is 16.8 Å². The predicted molar refractivity (Wildman–Crippen MR) is 135 cm³/mol. The molecular formula is C28H37N3O3. The topological polar surface area (TPSA) is 88.2 Å². The van der Waals surface area contributed by atoms with Crippen molar-refractivity contribution in [3.8, 4) is 0 Å². The Morgan fingerprint density at radius 1 is 1.15 bits per heavy atom. The largest absolute Gasteiger partial charge is 0.394 e. The Hall–Kier alpha value is -2.70. The highest BCUT2D eigenvalue weighted by Crippen LogP contribution is 2.34. The first-order chi connectivity index (χ1) is 16.4. The van der Waals surface area contributed by atoms with Crippen molar-refractivity contribution in [2.45, 2.75) is 70.4 Å². The molecule has 1 unspecified atom stereocenters. The molecule has 0 bridgehead atoms. The minimum atomic E-state index is -0.690. The van der Waals surface area contributed by atoms with Crippen LogP contribution in [0.5, 0.6) is 0 Å². The van der Waals surface area contributed by atoms with Gasteiger partial charge in [0.05, 0.1) is 17.9 Å². The molecule has 1 heterocycles. The summed E-state index contributed by atoms with van der Waals surface area (Å²) in [6.45, 7) is 5.35. The standard InChI is InChI=1S/C28H37N3O3/c1-20-16-22(8-13-26(20)24-6-4-3-5-7-24)17-34-30-21(2)23-9-11-25(12-10-23)27(33)31-15-14-28(29,18-31)19-32/h8-13,16,24,32H,3-7,14-15,17-19,29H2,1-2H3. The molecule has 1 amide bonds. The van der Waals surface area contributed by atoms with Crippen LogP contribution in [0.25, 0.3) is 0 Å². The molecule has 34 heavy (non-hydrogen) atoms. The van der Waals surface area contributed by atoms with Crippen LogP contribution in [0.1, 0.15) is 84.0 Å². The Morgan fingerprint density at radius 3 is 2.50 bits per heavy atom. The highest BCUT2D eigenvalue weighted by atomic mass is 16.6. The summed E-state index contributed by atoms with van der Waals surface area (Å²) in [5, 5.41) is 13.7. The van der Waals surface area contributed by atoms with E-state index >= 15 is 0 Å². The molecule has 1 saturated carbocycles. The molecule has 6 nitrogen and oxygen atoms in total.